The van der Waals surface area contributed by atoms with Crippen LogP contribution < -0.4 is 9.64 Å². The number of alkyl halides is 3. The Hall–Kier alpha value is -3.31. The highest BCUT2D eigenvalue weighted by atomic mass is 35.5. The van der Waals surface area contributed by atoms with E-state index in [0.29, 0.717) is 6.42 Å². The molecule has 4 heterocycles. The number of fused-ring (bicyclic) bond motifs is 2. The Bertz CT molecular complexity index is 1350. The van der Waals surface area contributed by atoms with Gasteiger partial charge in [0.25, 0.3) is 5.91 Å². The number of aliphatic hydroxyl groups is 1. The Labute approximate surface area is 228 Å². The van der Waals surface area contributed by atoms with Crippen LogP contribution in [0.2, 0.25) is 5.02 Å². The lowest BCUT2D eigenvalue weighted by molar-refractivity contribution is -0.137. The van der Waals surface area contributed by atoms with E-state index in [-0.39, 0.29) is 72.1 Å². The summed E-state index contributed by atoms with van der Waals surface area (Å²) in [5.74, 6) is -0.691. The molecular weight excluding hydrogens is 537 g/mol. The number of pyridine rings is 1. The molecule has 5 rings (SSSR count). The van der Waals surface area contributed by atoms with Gasteiger partial charge in [0, 0.05) is 37.3 Å². The highest BCUT2D eigenvalue weighted by molar-refractivity contribution is 6.35. The first-order valence-electron chi connectivity index (χ1n) is 12.5. The van der Waals surface area contributed by atoms with E-state index in [9.17, 15) is 27.9 Å². The normalized spacial score (nSPS) is 22.6. The van der Waals surface area contributed by atoms with Crippen LogP contribution in [-0.2, 0) is 11.0 Å². The van der Waals surface area contributed by atoms with Crippen molar-refractivity contribution in [3.8, 4) is 17.0 Å². The summed E-state index contributed by atoms with van der Waals surface area (Å²) in [5, 5.41) is 10.3. The van der Waals surface area contributed by atoms with Crippen molar-refractivity contribution >= 4 is 29.2 Å². The number of ether oxygens (including phenoxy) is 1. The highest BCUT2D eigenvalue weighted by Gasteiger charge is 2.45. The first kappa shape index (κ1) is 27.3. The van der Waals surface area contributed by atoms with Crippen LogP contribution in [0.4, 0.5) is 19.0 Å². The van der Waals surface area contributed by atoms with Gasteiger partial charge in [0.15, 0.2) is 5.75 Å². The number of hydrogen-bond donors (Lipinski definition) is 1. The molecular formula is C27H28ClF3N4O4. The first-order valence-corrected chi connectivity index (χ1v) is 12.9. The van der Waals surface area contributed by atoms with Gasteiger partial charge in [-0.3, -0.25) is 9.59 Å². The van der Waals surface area contributed by atoms with Crippen LogP contribution in [0.5, 0.6) is 5.75 Å². The molecule has 2 atom stereocenters. The van der Waals surface area contributed by atoms with E-state index in [2.05, 4.69) is 11.6 Å². The smallest absolute Gasteiger partial charge is 0.417 e. The molecule has 0 saturated carbocycles. The molecule has 1 N–H and O–H groups in total. The van der Waals surface area contributed by atoms with Crippen molar-refractivity contribution < 1.29 is 32.6 Å². The van der Waals surface area contributed by atoms with Gasteiger partial charge in [-0.2, -0.15) is 13.2 Å². The number of hydrogen-bond acceptors (Lipinski definition) is 6. The van der Waals surface area contributed by atoms with Crippen molar-refractivity contribution in [2.24, 2.45) is 0 Å². The molecule has 12 heteroatoms. The number of halogens is 4. The van der Waals surface area contributed by atoms with Crippen LogP contribution in [0.25, 0.3) is 11.3 Å². The lowest BCUT2D eigenvalue weighted by Crippen LogP contribution is -2.57. The summed E-state index contributed by atoms with van der Waals surface area (Å²) in [5.41, 5.74) is -2.00. The molecule has 3 aliphatic rings. The Morgan fingerprint density at radius 1 is 1.26 bits per heavy atom. The van der Waals surface area contributed by atoms with Crippen LogP contribution in [0.1, 0.15) is 36.2 Å². The minimum atomic E-state index is -4.68. The van der Waals surface area contributed by atoms with Gasteiger partial charge >= 0.3 is 6.18 Å². The summed E-state index contributed by atoms with van der Waals surface area (Å²) in [6.07, 6.45) is -3.85. The van der Waals surface area contributed by atoms with Gasteiger partial charge in [0.2, 0.25) is 5.91 Å². The van der Waals surface area contributed by atoms with E-state index < -0.39 is 35.3 Å². The second-order valence-corrected chi connectivity index (χ2v) is 11.0. The fraction of sp³-hybridized carbons (Fsp3) is 0.444. The van der Waals surface area contributed by atoms with E-state index in [1.165, 1.54) is 24.3 Å². The third kappa shape index (κ3) is 4.71. The zero-order valence-corrected chi connectivity index (χ0v) is 22.2. The Balaban J connectivity index is 1.71. The van der Waals surface area contributed by atoms with E-state index in [4.69, 9.17) is 16.3 Å². The topological polar surface area (TPSA) is 86.2 Å². The molecule has 0 bridgehead atoms. The van der Waals surface area contributed by atoms with E-state index in [1.54, 1.807) is 14.7 Å². The molecule has 0 radical (unpaired) electrons. The maximum absolute atomic E-state index is 14.1. The summed E-state index contributed by atoms with van der Waals surface area (Å²) in [7, 11) is 0. The summed E-state index contributed by atoms with van der Waals surface area (Å²) in [4.78, 5) is 35.8. The highest BCUT2D eigenvalue weighted by Crippen LogP contribution is 2.48. The largest absolute Gasteiger partial charge is 0.489 e. The summed E-state index contributed by atoms with van der Waals surface area (Å²) < 4.78 is 48.1. The van der Waals surface area contributed by atoms with Crippen LogP contribution in [0.3, 0.4) is 0 Å². The van der Waals surface area contributed by atoms with Crippen LogP contribution >= 0.6 is 11.6 Å². The summed E-state index contributed by atoms with van der Waals surface area (Å²) in [6.45, 7) is 8.02. The Morgan fingerprint density at radius 2 is 1.97 bits per heavy atom. The standard InChI is InChI=1S/C27H28ClF3N4O4/c1-4-19(37)33-9-10-34-15(12-33)14-39-23-20(25(34)38)24(35-13-16(36)11-26(35,2)3)32-22(21(23)28)17-7-5-6-8-18(17)27(29,30)31/h4-8,15-16,36H,1,9-14H2,2-3H3/t15-,16?/m1/s1. The fourth-order valence-electron chi connectivity index (χ4n) is 5.67. The third-order valence-electron chi connectivity index (χ3n) is 7.54. The molecule has 2 saturated heterocycles. The Morgan fingerprint density at radius 3 is 2.62 bits per heavy atom. The van der Waals surface area contributed by atoms with E-state index in [0.717, 1.165) is 6.07 Å². The van der Waals surface area contributed by atoms with Crippen LogP contribution in [0.15, 0.2) is 36.9 Å². The van der Waals surface area contributed by atoms with Crippen molar-refractivity contribution in [3.63, 3.8) is 0 Å². The molecule has 2 fully saturated rings. The van der Waals surface area contributed by atoms with Gasteiger partial charge in [-0.1, -0.05) is 36.4 Å². The molecule has 208 valence electrons. The number of amides is 2. The summed E-state index contributed by atoms with van der Waals surface area (Å²) in [6, 6.07) is 4.43. The second-order valence-electron chi connectivity index (χ2n) is 10.6. The summed E-state index contributed by atoms with van der Waals surface area (Å²) >= 11 is 6.73. The van der Waals surface area contributed by atoms with Crippen molar-refractivity contribution in [1.82, 2.24) is 14.8 Å². The van der Waals surface area contributed by atoms with Crippen molar-refractivity contribution in [2.75, 3.05) is 37.7 Å². The SMILES string of the molecule is C=CC(=O)N1CCN2C(=O)c3c(N4CC(O)CC4(C)C)nc(-c4ccccc4C(F)(F)F)c(Cl)c3OC[C@H]2C1. The second kappa shape index (κ2) is 9.71. The lowest BCUT2D eigenvalue weighted by Gasteiger charge is -2.40. The van der Waals surface area contributed by atoms with E-state index in [1.807, 2.05) is 13.8 Å². The number of benzene rings is 1. The molecule has 1 unspecified atom stereocenters. The number of β-amino-alcohol motifs (C(OH)–C–C–N with tert-alkyl or cyclic N) is 1. The average Bonchev–Trinajstić information content (AvgIpc) is 3.07. The van der Waals surface area contributed by atoms with Gasteiger partial charge < -0.3 is 24.5 Å². The van der Waals surface area contributed by atoms with E-state index >= 15 is 0 Å². The number of nitrogens with zero attached hydrogens (tertiary/aromatic N) is 4. The number of aromatic nitrogens is 1. The minimum Gasteiger partial charge on any atom is -0.489 e. The zero-order valence-electron chi connectivity index (χ0n) is 21.5. The third-order valence-corrected chi connectivity index (χ3v) is 7.89. The molecule has 0 spiro atoms. The predicted molar refractivity (Wildman–Crippen MR) is 139 cm³/mol. The van der Waals surface area contributed by atoms with Crippen LogP contribution in [0, 0.1) is 0 Å². The zero-order chi connectivity index (χ0) is 28.3. The molecule has 2 aromatic rings. The number of rotatable bonds is 3. The fourth-order valence-corrected chi connectivity index (χ4v) is 5.96. The van der Waals surface area contributed by atoms with Gasteiger partial charge in [-0.05, 0) is 32.4 Å². The molecule has 2 amide bonds. The van der Waals surface area contributed by atoms with Gasteiger partial charge in [0.1, 0.15) is 23.0 Å². The molecule has 3 aliphatic heterocycles. The molecule has 0 aliphatic carbocycles. The number of piperazine rings is 1. The lowest BCUT2D eigenvalue weighted by atomic mass is 9.99. The van der Waals surface area contributed by atoms with Gasteiger partial charge in [0.05, 0.1) is 23.4 Å². The molecule has 39 heavy (non-hydrogen) atoms. The Kier molecular flexibility index (Phi) is 6.79. The average molecular weight is 565 g/mol. The number of aliphatic hydroxyl groups excluding tert-OH is 1. The quantitative estimate of drug-likeness (QED) is 0.567. The molecule has 1 aromatic carbocycles. The van der Waals surface area contributed by atoms with Crippen LogP contribution in [-0.4, -0.2) is 82.2 Å². The first-order chi connectivity index (χ1) is 18.3. The van der Waals surface area contributed by atoms with Crippen molar-refractivity contribution in [1.29, 1.82) is 0 Å². The van der Waals surface area contributed by atoms with Gasteiger partial charge in [-0.25, -0.2) is 4.98 Å². The molecule has 1 aromatic heterocycles. The van der Waals surface area contributed by atoms with Crippen molar-refractivity contribution in [2.45, 2.75) is 44.1 Å². The maximum atomic E-state index is 14.1. The number of carbonyl (C=O) groups is 2. The number of anilines is 1. The monoisotopic (exact) mass is 564 g/mol. The van der Waals surface area contributed by atoms with Crippen molar-refractivity contribution in [3.05, 3.63) is 53.1 Å². The predicted octanol–water partition coefficient (Wildman–Crippen LogP) is 4.00. The molecule has 8 nitrogen and oxygen atoms in total. The van der Waals surface area contributed by atoms with Gasteiger partial charge in [-0.15, -0.1) is 0 Å². The number of carbonyl (C=O) groups excluding carboxylic acids is 2. The minimum absolute atomic E-state index is 0.0291. The maximum Gasteiger partial charge on any atom is 0.417 e.